The van der Waals surface area contributed by atoms with Crippen LogP contribution in [0.4, 0.5) is 0 Å². The molecule has 1 aliphatic rings. The molecule has 0 bridgehead atoms. The first-order valence-corrected chi connectivity index (χ1v) is 9.59. The van der Waals surface area contributed by atoms with Gasteiger partial charge in [0.25, 0.3) is 0 Å². The van der Waals surface area contributed by atoms with Crippen LogP contribution in [-0.2, 0) is 16.0 Å². The zero-order chi connectivity index (χ0) is 18.1. The number of fused-ring (bicyclic) bond motifs is 1. The Labute approximate surface area is 157 Å². The number of esters is 1. The van der Waals surface area contributed by atoms with Crippen LogP contribution in [0.5, 0.6) is 0 Å². The topological polar surface area (TPSA) is 29.5 Å². The van der Waals surface area contributed by atoms with Crippen LogP contribution in [-0.4, -0.2) is 30.1 Å². The van der Waals surface area contributed by atoms with E-state index in [-0.39, 0.29) is 5.97 Å². The van der Waals surface area contributed by atoms with Gasteiger partial charge in [0.2, 0.25) is 0 Å². The van der Waals surface area contributed by atoms with Crippen LogP contribution in [0.3, 0.4) is 0 Å². The molecule has 0 spiro atoms. The van der Waals surface area contributed by atoms with Crippen molar-refractivity contribution in [3.05, 3.63) is 77.7 Å². The van der Waals surface area contributed by atoms with Gasteiger partial charge in [-0.1, -0.05) is 55.1 Å². The number of carbonyl (C=O) groups excluding carboxylic acids is 1. The number of hydrogen-bond acceptors (Lipinski definition) is 4. The highest BCUT2D eigenvalue weighted by molar-refractivity contribution is 7.17. The zero-order valence-corrected chi connectivity index (χ0v) is 15.6. The van der Waals surface area contributed by atoms with Crippen LogP contribution in [0.25, 0.3) is 15.8 Å². The predicted molar refractivity (Wildman–Crippen MR) is 107 cm³/mol. The molecular formula is C22H21NO2S. The third-order valence-electron chi connectivity index (χ3n) is 5.29. The molecule has 1 atom stereocenters. The Morgan fingerprint density at radius 1 is 1.19 bits per heavy atom. The molecule has 4 heteroatoms. The van der Waals surface area contributed by atoms with E-state index in [2.05, 4.69) is 41.1 Å². The summed E-state index contributed by atoms with van der Waals surface area (Å²) in [5, 5.41) is 3.32. The SMILES string of the molecule is C=C(c1csc2ccccc12)N1CCC1(Cc1ccccc1)C(=O)OC. The number of benzene rings is 2. The van der Waals surface area contributed by atoms with Gasteiger partial charge in [0.1, 0.15) is 5.54 Å². The second-order valence-corrected chi connectivity index (χ2v) is 7.59. The van der Waals surface area contributed by atoms with E-state index in [1.807, 2.05) is 30.3 Å². The Hall–Kier alpha value is -2.59. The summed E-state index contributed by atoms with van der Waals surface area (Å²) in [6, 6.07) is 18.4. The van der Waals surface area contributed by atoms with Crippen LogP contribution in [0.1, 0.15) is 17.5 Å². The maximum atomic E-state index is 12.8. The first kappa shape index (κ1) is 16.9. The number of ether oxygens (including phenoxy) is 1. The molecule has 132 valence electrons. The third kappa shape index (κ3) is 2.61. The third-order valence-corrected chi connectivity index (χ3v) is 6.25. The first-order chi connectivity index (χ1) is 12.7. The van der Waals surface area contributed by atoms with Gasteiger partial charge in [-0.15, -0.1) is 11.3 Å². The van der Waals surface area contributed by atoms with Crippen LogP contribution in [0, 0.1) is 0 Å². The largest absolute Gasteiger partial charge is 0.467 e. The fourth-order valence-electron chi connectivity index (χ4n) is 3.83. The van der Waals surface area contributed by atoms with Crippen molar-refractivity contribution in [3.63, 3.8) is 0 Å². The van der Waals surface area contributed by atoms with Crippen LogP contribution >= 0.6 is 11.3 Å². The van der Waals surface area contributed by atoms with Crippen molar-refractivity contribution in [1.82, 2.24) is 4.90 Å². The molecular weight excluding hydrogens is 342 g/mol. The monoisotopic (exact) mass is 363 g/mol. The van der Waals surface area contributed by atoms with Crippen LogP contribution in [0.15, 0.2) is 66.6 Å². The summed E-state index contributed by atoms with van der Waals surface area (Å²) < 4.78 is 6.43. The van der Waals surface area contributed by atoms with E-state index < -0.39 is 5.54 Å². The van der Waals surface area contributed by atoms with E-state index in [0.717, 1.165) is 29.8 Å². The molecule has 2 aromatic carbocycles. The van der Waals surface area contributed by atoms with E-state index >= 15 is 0 Å². The van der Waals surface area contributed by atoms with Crippen molar-refractivity contribution in [1.29, 1.82) is 0 Å². The second kappa shape index (κ2) is 6.61. The zero-order valence-electron chi connectivity index (χ0n) is 14.8. The summed E-state index contributed by atoms with van der Waals surface area (Å²) in [7, 11) is 1.47. The van der Waals surface area contributed by atoms with Gasteiger partial charge in [0, 0.05) is 39.7 Å². The van der Waals surface area contributed by atoms with E-state index in [1.165, 1.54) is 17.2 Å². The van der Waals surface area contributed by atoms with Crippen LogP contribution in [0.2, 0.25) is 0 Å². The smallest absolute Gasteiger partial charge is 0.332 e. The minimum atomic E-state index is -0.670. The van der Waals surface area contributed by atoms with Gasteiger partial charge in [-0.3, -0.25) is 0 Å². The molecule has 0 radical (unpaired) electrons. The number of methoxy groups -OCH3 is 1. The average molecular weight is 363 g/mol. The maximum absolute atomic E-state index is 12.8. The van der Waals surface area contributed by atoms with E-state index in [4.69, 9.17) is 4.74 Å². The van der Waals surface area contributed by atoms with Gasteiger partial charge in [-0.2, -0.15) is 0 Å². The van der Waals surface area contributed by atoms with E-state index in [1.54, 1.807) is 11.3 Å². The molecule has 2 heterocycles. The molecule has 0 saturated carbocycles. The fourth-order valence-corrected chi connectivity index (χ4v) is 4.80. The molecule has 1 aromatic heterocycles. The van der Waals surface area contributed by atoms with Crippen molar-refractivity contribution < 1.29 is 9.53 Å². The molecule has 1 unspecified atom stereocenters. The van der Waals surface area contributed by atoms with Crippen molar-refractivity contribution in [2.75, 3.05) is 13.7 Å². The lowest BCUT2D eigenvalue weighted by Gasteiger charge is -2.52. The summed E-state index contributed by atoms with van der Waals surface area (Å²) in [5.41, 5.74) is 2.46. The summed E-state index contributed by atoms with van der Waals surface area (Å²) in [6.45, 7) is 5.16. The molecule has 3 aromatic rings. The lowest BCUT2D eigenvalue weighted by Crippen LogP contribution is -2.65. The summed E-state index contributed by atoms with van der Waals surface area (Å²) >= 11 is 1.71. The Bertz CT molecular complexity index is 962. The van der Waals surface area contributed by atoms with Crippen LogP contribution < -0.4 is 0 Å². The lowest BCUT2D eigenvalue weighted by atomic mass is 9.78. The maximum Gasteiger partial charge on any atom is 0.332 e. The number of thiophene rings is 1. The lowest BCUT2D eigenvalue weighted by molar-refractivity contribution is -0.160. The fraction of sp³-hybridized carbons (Fsp3) is 0.227. The summed E-state index contributed by atoms with van der Waals surface area (Å²) in [5.74, 6) is -0.187. The van der Waals surface area contributed by atoms with Crippen molar-refractivity contribution in [2.24, 2.45) is 0 Å². The van der Waals surface area contributed by atoms with Gasteiger partial charge < -0.3 is 9.64 Å². The number of nitrogens with zero attached hydrogens (tertiary/aromatic N) is 1. The van der Waals surface area contributed by atoms with Gasteiger partial charge in [-0.25, -0.2) is 4.79 Å². The second-order valence-electron chi connectivity index (χ2n) is 6.68. The molecule has 1 saturated heterocycles. The molecule has 4 rings (SSSR count). The predicted octanol–water partition coefficient (Wildman–Crippen LogP) is 4.73. The summed E-state index contributed by atoms with van der Waals surface area (Å²) in [4.78, 5) is 14.9. The molecule has 0 aliphatic carbocycles. The Morgan fingerprint density at radius 3 is 2.62 bits per heavy atom. The molecule has 26 heavy (non-hydrogen) atoms. The highest BCUT2D eigenvalue weighted by Crippen LogP contribution is 2.43. The molecule has 0 N–H and O–H groups in total. The van der Waals surface area contributed by atoms with Crippen molar-refractivity contribution in [3.8, 4) is 0 Å². The minimum Gasteiger partial charge on any atom is -0.467 e. The Kier molecular flexibility index (Phi) is 4.29. The summed E-state index contributed by atoms with van der Waals surface area (Å²) in [6.07, 6.45) is 1.40. The number of rotatable bonds is 5. The molecule has 1 aliphatic heterocycles. The standard InChI is InChI=1S/C22H21NO2S/c1-16(19-15-26-20-11-7-6-10-18(19)20)23-13-12-22(23,21(24)25-2)14-17-8-4-3-5-9-17/h3-11,15H,1,12-14H2,2H3. The average Bonchev–Trinajstić information content (AvgIpc) is 3.09. The number of hydrogen-bond donors (Lipinski definition) is 0. The molecule has 0 amide bonds. The Balaban J connectivity index is 1.70. The number of likely N-dealkylation sites (tertiary alicyclic amines) is 1. The molecule has 1 fully saturated rings. The van der Waals surface area contributed by atoms with E-state index in [0.29, 0.717) is 6.42 Å². The van der Waals surface area contributed by atoms with Gasteiger partial charge in [0.05, 0.1) is 7.11 Å². The van der Waals surface area contributed by atoms with E-state index in [9.17, 15) is 4.79 Å². The van der Waals surface area contributed by atoms with Gasteiger partial charge in [-0.05, 0) is 18.1 Å². The van der Waals surface area contributed by atoms with Gasteiger partial charge in [0.15, 0.2) is 0 Å². The van der Waals surface area contributed by atoms with Crippen molar-refractivity contribution >= 4 is 33.1 Å². The molecule has 3 nitrogen and oxygen atoms in total. The first-order valence-electron chi connectivity index (χ1n) is 8.71. The van der Waals surface area contributed by atoms with Gasteiger partial charge >= 0.3 is 5.97 Å². The normalized spacial score (nSPS) is 19.2. The number of carbonyl (C=O) groups is 1. The quantitative estimate of drug-likeness (QED) is 0.614. The van der Waals surface area contributed by atoms with Crippen molar-refractivity contribution in [2.45, 2.75) is 18.4 Å². The minimum absolute atomic E-state index is 0.187. The Morgan fingerprint density at radius 2 is 1.92 bits per heavy atom. The highest BCUT2D eigenvalue weighted by Gasteiger charge is 2.52. The highest BCUT2D eigenvalue weighted by atomic mass is 32.1.